The molecule has 1 aromatic carbocycles. The molecular weight excluding hydrogens is 227 g/mol. The third kappa shape index (κ3) is 3.39. The van der Waals surface area contributed by atoms with Crippen molar-refractivity contribution >= 4 is 23.2 Å². The van der Waals surface area contributed by atoms with Crippen molar-refractivity contribution in [1.82, 2.24) is 0 Å². The molecule has 0 unspecified atom stereocenters. The maximum Gasteiger partial charge on any atom is 0.0455 e. The minimum Gasteiger partial charge on any atom is -0.0840 e. The van der Waals surface area contributed by atoms with Crippen molar-refractivity contribution < 1.29 is 0 Å². The van der Waals surface area contributed by atoms with Crippen molar-refractivity contribution in [2.24, 2.45) is 5.92 Å². The summed E-state index contributed by atoms with van der Waals surface area (Å²) in [5, 5.41) is 1.61. The molecular formula is C13H18Cl2. The Balaban J connectivity index is 3.10. The molecule has 84 valence electrons. The van der Waals surface area contributed by atoms with Crippen LogP contribution in [-0.2, 0) is 6.42 Å². The lowest BCUT2D eigenvalue weighted by atomic mass is 9.97. The molecule has 1 aromatic rings. The molecule has 0 bridgehead atoms. The van der Waals surface area contributed by atoms with Gasteiger partial charge in [0.25, 0.3) is 0 Å². The Labute approximate surface area is 103 Å². The van der Waals surface area contributed by atoms with Crippen molar-refractivity contribution in [1.29, 1.82) is 0 Å². The van der Waals surface area contributed by atoms with Gasteiger partial charge in [-0.2, -0.15) is 0 Å². The van der Waals surface area contributed by atoms with E-state index in [0.717, 1.165) is 22.0 Å². The summed E-state index contributed by atoms with van der Waals surface area (Å²) in [7, 11) is 0. The van der Waals surface area contributed by atoms with Crippen LogP contribution in [0.5, 0.6) is 0 Å². The highest BCUT2D eigenvalue weighted by atomic mass is 35.5. The fourth-order valence-electron chi connectivity index (χ4n) is 1.56. The van der Waals surface area contributed by atoms with Crippen LogP contribution >= 0.6 is 23.2 Å². The van der Waals surface area contributed by atoms with Crippen LogP contribution in [0.2, 0.25) is 10.0 Å². The molecule has 15 heavy (non-hydrogen) atoms. The quantitative estimate of drug-likeness (QED) is 0.676. The molecule has 0 aliphatic heterocycles. The maximum absolute atomic E-state index is 6.24. The molecule has 0 N–H and O–H groups in total. The second-order valence-corrected chi connectivity index (χ2v) is 5.53. The predicted octanol–water partition coefficient (Wildman–Crippen LogP) is 5.32. The molecule has 0 radical (unpaired) electrons. The normalized spacial score (nSPS) is 11.5. The molecule has 0 atom stereocenters. The van der Waals surface area contributed by atoms with Crippen LogP contribution in [0.4, 0.5) is 0 Å². The zero-order valence-electron chi connectivity index (χ0n) is 9.77. The van der Waals surface area contributed by atoms with E-state index >= 15 is 0 Å². The molecule has 0 aliphatic carbocycles. The topological polar surface area (TPSA) is 0 Å². The molecule has 0 nitrogen and oxygen atoms in total. The van der Waals surface area contributed by atoms with Crippen molar-refractivity contribution in [2.45, 2.75) is 40.0 Å². The van der Waals surface area contributed by atoms with Crippen LogP contribution < -0.4 is 0 Å². The molecule has 0 aromatic heterocycles. The number of hydrogen-bond donors (Lipinski definition) is 0. The molecule has 0 saturated heterocycles. The van der Waals surface area contributed by atoms with Gasteiger partial charge in [-0.05, 0) is 41.5 Å². The molecule has 0 spiro atoms. The first kappa shape index (κ1) is 12.9. The van der Waals surface area contributed by atoms with Gasteiger partial charge in [0.1, 0.15) is 0 Å². The monoisotopic (exact) mass is 244 g/mol. The van der Waals surface area contributed by atoms with Gasteiger partial charge in [-0.1, -0.05) is 50.9 Å². The third-order valence-corrected chi connectivity index (χ3v) is 3.12. The largest absolute Gasteiger partial charge is 0.0840 e. The fourth-order valence-corrected chi connectivity index (χ4v) is 2.22. The Hall–Kier alpha value is -0.200. The van der Waals surface area contributed by atoms with Gasteiger partial charge in [0, 0.05) is 10.0 Å². The number of hydrogen-bond acceptors (Lipinski definition) is 0. The summed E-state index contributed by atoms with van der Waals surface area (Å²) in [5.41, 5.74) is 2.29. The van der Waals surface area contributed by atoms with Gasteiger partial charge in [-0.3, -0.25) is 0 Å². The number of benzene rings is 1. The second kappa shape index (κ2) is 5.23. The van der Waals surface area contributed by atoms with Gasteiger partial charge in [0.15, 0.2) is 0 Å². The van der Waals surface area contributed by atoms with Crippen LogP contribution in [0, 0.1) is 5.92 Å². The summed E-state index contributed by atoms with van der Waals surface area (Å²) >= 11 is 12.5. The SMILES string of the molecule is CC(C)Cc1c(Cl)cc(C(C)C)cc1Cl. The molecule has 0 fully saturated rings. The van der Waals surface area contributed by atoms with Gasteiger partial charge in [-0.15, -0.1) is 0 Å². The summed E-state index contributed by atoms with van der Waals surface area (Å²) < 4.78 is 0. The molecule has 2 heteroatoms. The van der Waals surface area contributed by atoms with Crippen LogP contribution in [0.25, 0.3) is 0 Å². The zero-order valence-corrected chi connectivity index (χ0v) is 11.3. The maximum atomic E-state index is 6.24. The molecule has 0 amide bonds. The van der Waals surface area contributed by atoms with E-state index in [4.69, 9.17) is 23.2 Å². The van der Waals surface area contributed by atoms with Gasteiger partial charge < -0.3 is 0 Å². The standard InChI is InChI=1S/C13H18Cl2/c1-8(2)5-11-12(14)6-10(9(3)4)7-13(11)15/h6-9H,5H2,1-4H3. The lowest BCUT2D eigenvalue weighted by Gasteiger charge is -2.13. The second-order valence-electron chi connectivity index (χ2n) is 4.72. The molecule has 0 saturated carbocycles. The lowest BCUT2D eigenvalue weighted by molar-refractivity contribution is 0.647. The van der Waals surface area contributed by atoms with Crippen LogP contribution in [0.15, 0.2) is 12.1 Å². The van der Waals surface area contributed by atoms with E-state index in [1.807, 2.05) is 12.1 Å². The van der Waals surface area contributed by atoms with Crippen LogP contribution in [-0.4, -0.2) is 0 Å². The van der Waals surface area contributed by atoms with Gasteiger partial charge in [-0.25, -0.2) is 0 Å². The number of rotatable bonds is 3. The Kier molecular flexibility index (Phi) is 4.48. The van der Waals surface area contributed by atoms with E-state index in [1.54, 1.807) is 0 Å². The van der Waals surface area contributed by atoms with E-state index in [2.05, 4.69) is 27.7 Å². The lowest BCUT2D eigenvalue weighted by Crippen LogP contribution is -1.98. The highest BCUT2D eigenvalue weighted by molar-refractivity contribution is 6.36. The summed E-state index contributed by atoms with van der Waals surface area (Å²) in [4.78, 5) is 0. The van der Waals surface area contributed by atoms with Crippen molar-refractivity contribution in [3.05, 3.63) is 33.3 Å². The fraction of sp³-hybridized carbons (Fsp3) is 0.538. The summed E-state index contributed by atoms with van der Waals surface area (Å²) in [6.07, 6.45) is 0.941. The zero-order chi connectivity index (χ0) is 11.6. The van der Waals surface area contributed by atoms with Crippen molar-refractivity contribution in [3.63, 3.8) is 0 Å². The first-order valence-corrected chi connectivity index (χ1v) is 6.15. The Morgan fingerprint density at radius 3 is 1.80 bits per heavy atom. The van der Waals surface area contributed by atoms with Gasteiger partial charge in [0.05, 0.1) is 0 Å². The Morgan fingerprint density at radius 2 is 1.47 bits per heavy atom. The minimum atomic E-state index is 0.466. The predicted molar refractivity (Wildman–Crippen MR) is 69.1 cm³/mol. The minimum absolute atomic E-state index is 0.466. The van der Waals surface area contributed by atoms with Gasteiger partial charge >= 0.3 is 0 Å². The van der Waals surface area contributed by atoms with E-state index in [-0.39, 0.29) is 0 Å². The van der Waals surface area contributed by atoms with Crippen LogP contribution in [0.1, 0.15) is 44.7 Å². The molecule has 1 rings (SSSR count). The smallest absolute Gasteiger partial charge is 0.0455 e. The third-order valence-electron chi connectivity index (χ3n) is 2.44. The highest BCUT2D eigenvalue weighted by Crippen LogP contribution is 2.31. The molecule has 0 heterocycles. The Morgan fingerprint density at radius 1 is 1.00 bits per heavy atom. The van der Waals surface area contributed by atoms with E-state index < -0.39 is 0 Å². The first-order chi connectivity index (χ1) is 6.91. The average Bonchev–Trinajstić information content (AvgIpc) is 2.10. The van der Waals surface area contributed by atoms with Gasteiger partial charge in [0.2, 0.25) is 0 Å². The van der Waals surface area contributed by atoms with Crippen molar-refractivity contribution in [2.75, 3.05) is 0 Å². The summed E-state index contributed by atoms with van der Waals surface area (Å²) in [6.45, 7) is 8.63. The summed E-state index contributed by atoms with van der Waals surface area (Å²) in [6, 6.07) is 4.08. The van der Waals surface area contributed by atoms with Crippen LogP contribution in [0.3, 0.4) is 0 Å². The van der Waals surface area contributed by atoms with E-state index in [0.29, 0.717) is 11.8 Å². The van der Waals surface area contributed by atoms with E-state index in [9.17, 15) is 0 Å². The summed E-state index contributed by atoms with van der Waals surface area (Å²) in [5.74, 6) is 1.04. The van der Waals surface area contributed by atoms with Crippen molar-refractivity contribution in [3.8, 4) is 0 Å². The molecule has 0 aliphatic rings. The first-order valence-electron chi connectivity index (χ1n) is 5.39. The average molecular weight is 245 g/mol. The highest BCUT2D eigenvalue weighted by Gasteiger charge is 2.11. The van der Waals surface area contributed by atoms with E-state index in [1.165, 1.54) is 5.56 Å². The number of halogens is 2. The Bertz CT molecular complexity index is 317.